The smallest absolute Gasteiger partial charge is 0.262 e. The summed E-state index contributed by atoms with van der Waals surface area (Å²) in [6, 6.07) is 19.1. The SMILES string of the molecule is COc1cc(N2CCC(N3CCN(C4CCN(c5ccc6c(c5)C(=O)N(C5CCC(=O)NC5=O)C6=O)CC4)CC3)CC2)ccc1Nc1ncc(Cl)c(Nc2ccccc2P(C)(C)=O)n1. The Morgan fingerprint density at radius 1 is 0.734 bits per heavy atom. The Bertz CT molecular complexity index is 2510. The van der Waals surface area contributed by atoms with Crippen LogP contribution in [0.4, 0.5) is 34.5 Å². The fourth-order valence-corrected chi connectivity index (χ4v) is 11.2. The van der Waals surface area contributed by atoms with Crippen molar-refractivity contribution in [1.29, 1.82) is 0 Å². The van der Waals surface area contributed by atoms with Gasteiger partial charge in [-0.15, -0.1) is 0 Å². The predicted molar refractivity (Wildman–Crippen MR) is 249 cm³/mol. The minimum Gasteiger partial charge on any atom is -0.494 e. The molecule has 0 spiro atoms. The monoisotopic (exact) mass is 908 g/mol. The number of nitrogens with zero attached hydrogens (tertiary/aromatic N) is 7. The van der Waals surface area contributed by atoms with E-state index in [-0.39, 0.29) is 18.7 Å². The number of imide groups is 2. The molecule has 0 radical (unpaired) electrons. The highest BCUT2D eigenvalue weighted by Gasteiger charge is 2.45. The summed E-state index contributed by atoms with van der Waals surface area (Å²) in [4.78, 5) is 70.8. The van der Waals surface area contributed by atoms with Crippen LogP contribution in [0.1, 0.15) is 59.2 Å². The van der Waals surface area contributed by atoms with E-state index >= 15 is 0 Å². The van der Waals surface area contributed by atoms with Gasteiger partial charge in [0.15, 0.2) is 5.82 Å². The molecule has 4 fully saturated rings. The molecule has 4 aromatic rings. The van der Waals surface area contributed by atoms with Gasteiger partial charge in [-0.3, -0.25) is 39.2 Å². The van der Waals surface area contributed by atoms with Crippen LogP contribution in [0.3, 0.4) is 0 Å². The molecule has 18 heteroatoms. The van der Waals surface area contributed by atoms with E-state index in [0.29, 0.717) is 56.7 Å². The number of hydrogen-bond donors (Lipinski definition) is 3. The topological polar surface area (TPSA) is 173 Å². The van der Waals surface area contributed by atoms with Crippen molar-refractivity contribution < 1.29 is 28.5 Å². The number of rotatable bonds is 11. The summed E-state index contributed by atoms with van der Waals surface area (Å²) in [5.41, 5.74) is 4.05. The third kappa shape index (κ3) is 8.93. The van der Waals surface area contributed by atoms with Gasteiger partial charge in [0.25, 0.3) is 11.8 Å². The van der Waals surface area contributed by atoms with E-state index in [1.165, 1.54) is 6.20 Å². The van der Waals surface area contributed by atoms with Gasteiger partial charge < -0.3 is 29.7 Å². The van der Waals surface area contributed by atoms with Gasteiger partial charge in [0.2, 0.25) is 17.8 Å². The van der Waals surface area contributed by atoms with Crippen LogP contribution < -0.4 is 35.8 Å². The Hall–Kier alpha value is -5.54. The van der Waals surface area contributed by atoms with E-state index in [2.05, 4.69) is 57.7 Å². The van der Waals surface area contributed by atoms with Crippen LogP contribution in [0, 0.1) is 0 Å². The lowest BCUT2D eigenvalue weighted by molar-refractivity contribution is -0.136. The predicted octanol–water partition coefficient (Wildman–Crippen LogP) is 5.53. The standard InChI is InChI=1S/C46H54ClN10O6P/c1-63-39-27-32(9-11-36(39)50-46-48-28-35(47)42(52-46)49-37-6-4-5-7-40(37)64(2,3)62)54-20-16-30(17-21-54)56-24-22-55(23-25-56)29-14-18-53(19-15-29)31-8-10-33-34(26-31)45(61)57(44(33)60)38-12-13-41(58)51-43(38)59/h4-11,26-30,38H,12-25H2,1-3H3,(H,51,58,59)(H2,48,49,50,52). The molecule has 5 aliphatic rings. The molecule has 4 amide bonds. The van der Waals surface area contributed by atoms with E-state index in [4.69, 9.17) is 16.3 Å². The number of anilines is 6. The number of methoxy groups -OCH3 is 1. The second-order valence-electron chi connectivity index (χ2n) is 17.6. The minimum atomic E-state index is -2.55. The summed E-state index contributed by atoms with van der Waals surface area (Å²) < 4.78 is 18.8. The van der Waals surface area contributed by atoms with Crippen molar-refractivity contribution >= 4 is 82.2 Å². The van der Waals surface area contributed by atoms with E-state index in [1.54, 1.807) is 32.6 Å². The van der Waals surface area contributed by atoms with E-state index in [0.717, 1.165) is 100 Å². The molecule has 1 aromatic heterocycles. The molecule has 1 atom stereocenters. The van der Waals surface area contributed by atoms with Crippen LogP contribution in [0.2, 0.25) is 5.02 Å². The van der Waals surface area contributed by atoms with Crippen molar-refractivity contribution in [1.82, 2.24) is 30.0 Å². The number of amides is 4. The third-order valence-corrected chi connectivity index (χ3v) is 15.2. The van der Waals surface area contributed by atoms with E-state index < -0.39 is 30.9 Å². The summed E-state index contributed by atoms with van der Waals surface area (Å²) in [5, 5.41) is 9.85. The molecule has 9 rings (SSSR count). The molecule has 3 N–H and O–H groups in total. The number of aromatic nitrogens is 2. The lowest BCUT2D eigenvalue weighted by Gasteiger charge is -2.46. The molecule has 64 heavy (non-hydrogen) atoms. The molecule has 0 aliphatic carbocycles. The molecule has 0 bridgehead atoms. The van der Waals surface area contributed by atoms with Gasteiger partial charge in [-0.1, -0.05) is 23.7 Å². The van der Waals surface area contributed by atoms with Crippen LogP contribution in [-0.4, -0.2) is 139 Å². The molecule has 4 saturated heterocycles. The Kier molecular flexibility index (Phi) is 12.4. The van der Waals surface area contributed by atoms with Gasteiger partial charge in [0, 0.05) is 93.6 Å². The first kappa shape index (κ1) is 43.7. The fraction of sp³-hybridized carbons (Fsp3) is 0.435. The van der Waals surface area contributed by atoms with Crippen molar-refractivity contribution in [2.45, 2.75) is 56.7 Å². The summed E-state index contributed by atoms with van der Waals surface area (Å²) in [5.74, 6) is -0.520. The van der Waals surface area contributed by atoms with Crippen LogP contribution >= 0.6 is 18.7 Å². The maximum atomic E-state index is 13.4. The second-order valence-corrected chi connectivity index (χ2v) is 21.2. The molecule has 336 valence electrons. The normalized spacial score (nSPS) is 20.7. The zero-order valence-electron chi connectivity index (χ0n) is 36.4. The zero-order chi connectivity index (χ0) is 44.7. The summed E-state index contributed by atoms with van der Waals surface area (Å²) in [6.07, 6.45) is 5.98. The maximum absolute atomic E-state index is 13.4. The summed E-state index contributed by atoms with van der Waals surface area (Å²) in [7, 11) is -0.898. The van der Waals surface area contributed by atoms with Crippen molar-refractivity contribution in [3.05, 3.63) is 83.0 Å². The number of ether oxygens (including phenoxy) is 1. The fourth-order valence-electron chi connectivity index (χ4n) is 9.89. The van der Waals surface area contributed by atoms with Crippen molar-refractivity contribution in [2.75, 3.05) is 93.2 Å². The Balaban J connectivity index is 0.742. The summed E-state index contributed by atoms with van der Waals surface area (Å²) >= 11 is 6.49. The van der Waals surface area contributed by atoms with Crippen LogP contribution in [-0.2, 0) is 14.2 Å². The van der Waals surface area contributed by atoms with Gasteiger partial charge in [-0.2, -0.15) is 4.98 Å². The molecule has 3 aromatic carbocycles. The molecule has 16 nitrogen and oxygen atoms in total. The average molecular weight is 909 g/mol. The zero-order valence-corrected chi connectivity index (χ0v) is 38.0. The first-order valence-corrected chi connectivity index (χ1v) is 25.1. The number of para-hydroxylation sites is 1. The Morgan fingerprint density at radius 2 is 1.34 bits per heavy atom. The first-order chi connectivity index (χ1) is 30.8. The second kappa shape index (κ2) is 18.1. The number of benzene rings is 3. The summed E-state index contributed by atoms with van der Waals surface area (Å²) in [6.45, 7) is 11.3. The number of piperazine rings is 1. The lowest BCUT2D eigenvalue weighted by Crippen LogP contribution is -2.56. The van der Waals surface area contributed by atoms with E-state index in [1.807, 2.05) is 36.4 Å². The average Bonchev–Trinajstić information content (AvgIpc) is 3.55. The van der Waals surface area contributed by atoms with Gasteiger partial charge in [-0.05, 0) is 87.9 Å². The van der Waals surface area contributed by atoms with Crippen molar-refractivity contribution in [2.24, 2.45) is 0 Å². The largest absolute Gasteiger partial charge is 0.494 e. The number of fused-ring (bicyclic) bond motifs is 1. The lowest BCUT2D eigenvalue weighted by atomic mass is 9.99. The van der Waals surface area contributed by atoms with Crippen LogP contribution in [0.5, 0.6) is 5.75 Å². The quantitative estimate of drug-likeness (QED) is 0.127. The number of carbonyl (C=O) groups is 4. The van der Waals surface area contributed by atoms with Gasteiger partial charge in [0.05, 0.1) is 35.8 Å². The molecule has 0 saturated carbocycles. The molecular formula is C46H54ClN10O6P. The van der Waals surface area contributed by atoms with Gasteiger partial charge >= 0.3 is 0 Å². The number of hydrogen-bond acceptors (Lipinski definition) is 14. The molecule has 1 unspecified atom stereocenters. The molecule has 6 heterocycles. The Labute approximate surface area is 378 Å². The van der Waals surface area contributed by atoms with Crippen LogP contribution in [0.25, 0.3) is 0 Å². The highest BCUT2D eigenvalue weighted by atomic mass is 35.5. The highest BCUT2D eigenvalue weighted by molar-refractivity contribution is 7.70. The van der Waals surface area contributed by atoms with E-state index in [9.17, 15) is 23.7 Å². The minimum absolute atomic E-state index is 0.0964. The molecular weight excluding hydrogens is 855 g/mol. The number of nitrogens with one attached hydrogen (secondary N) is 3. The first-order valence-electron chi connectivity index (χ1n) is 22.1. The van der Waals surface area contributed by atoms with Gasteiger partial charge in [-0.25, -0.2) is 4.98 Å². The third-order valence-electron chi connectivity index (χ3n) is 13.4. The number of piperidine rings is 3. The van der Waals surface area contributed by atoms with Gasteiger partial charge in [0.1, 0.15) is 24.0 Å². The number of halogens is 1. The van der Waals surface area contributed by atoms with Crippen molar-refractivity contribution in [3.8, 4) is 5.75 Å². The highest BCUT2D eigenvalue weighted by Crippen LogP contribution is 2.39. The van der Waals surface area contributed by atoms with Crippen molar-refractivity contribution in [3.63, 3.8) is 0 Å². The maximum Gasteiger partial charge on any atom is 0.262 e. The Morgan fingerprint density at radius 3 is 1.97 bits per heavy atom. The number of carbonyl (C=O) groups excluding carboxylic acids is 4. The van der Waals surface area contributed by atoms with Crippen LogP contribution in [0.15, 0.2) is 66.9 Å². The molecule has 5 aliphatic heterocycles.